The van der Waals surface area contributed by atoms with E-state index in [4.69, 9.17) is 35.4 Å². The third-order valence-electron chi connectivity index (χ3n) is 3.35. The zero-order chi connectivity index (χ0) is 16.6. The van der Waals surface area contributed by atoms with Gasteiger partial charge in [0.15, 0.2) is 4.32 Å². The highest BCUT2D eigenvalue weighted by Gasteiger charge is 2.33. The van der Waals surface area contributed by atoms with Gasteiger partial charge in [-0.25, -0.2) is 0 Å². The molecule has 2 aromatic carbocycles. The molecule has 1 heterocycles. The Morgan fingerprint density at radius 2 is 1.83 bits per heavy atom. The molecule has 0 atom stereocenters. The van der Waals surface area contributed by atoms with E-state index in [1.807, 2.05) is 37.3 Å². The van der Waals surface area contributed by atoms with Gasteiger partial charge in [-0.15, -0.1) is 0 Å². The van der Waals surface area contributed by atoms with Crippen molar-refractivity contribution in [3.8, 4) is 0 Å². The monoisotopic (exact) mass is 379 g/mol. The number of nitrogens with zero attached hydrogens (tertiary/aromatic N) is 1. The van der Waals surface area contributed by atoms with Gasteiger partial charge in [0, 0.05) is 0 Å². The van der Waals surface area contributed by atoms with Crippen LogP contribution in [0.15, 0.2) is 47.4 Å². The average Bonchev–Trinajstić information content (AvgIpc) is 2.79. The lowest BCUT2D eigenvalue weighted by molar-refractivity contribution is -0.113. The molecule has 0 radical (unpaired) electrons. The second-order valence-corrected chi connectivity index (χ2v) is 7.46. The minimum absolute atomic E-state index is 0.153. The van der Waals surface area contributed by atoms with Gasteiger partial charge < -0.3 is 0 Å². The van der Waals surface area contributed by atoms with Gasteiger partial charge in [-0.05, 0) is 36.8 Å². The van der Waals surface area contributed by atoms with Crippen molar-refractivity contribution in [2.45, 2.75) is 6.92 Å². The molecule has 1 aliphatic heterocycles. The lowest BCUT2D eigenvalue weighted by Gasteiger charge is -2.14. The van der Waals surface area contributed by atoms with Crippen molar-refractivity contribution < 1.29 is 4.79 Å². The van der Waals surface area contributed by atoms with Crippen molar-refractivity contribution in [3.05, 3.63) is 68.5 Å². The molecule has 0 aromatic heterocycles. The molecule has 3 rings (SSSR count). The first-order valence-electron chi connectivity index (χ1n) is 6.76. The number of carbonyl (C=O) groups excluding carboxylic acids is 1. The van der Waals surface area contributed by atoms with E-state index in [1.54, 1.807) is 18.2 Å². The van der Waals surface area contributed by atoms with Crippen LogP contribution in [0.1, 0.15) is 11.1 Å². The highest BCUT2D eigenvalue weighted by atomic mass is 35.5. The van der Waals surface area contributed by atoms with E-state index in [-0.39, 0.29) is 5.91 Å². The van der Waals surface area contributed by atoms with Crippen molar-refractivity contribution in [2.75, 3.05) is 4.90 Å². The van der Waals surface area contributed by atoms with Crippen LogP contribution in [0.25, 0.3) is 6.08 Å². The number of amides is 1. The largest absolute Gasteiger partial charge is 0.270 e. The number of benzene rings is 2. The number of aryl methyl sites for hydroxylation is 1. The molecule has 1 amide bonds. The Hall–Kier alpha value is -1.33. The van der Waals surface area contributed by atoms with Gasteiger partial charge in [0.1, 0.15) is 0 Å². The molecular weight excluding hydrogens is 369 g/mol. The molecule has 0 N–H and O–H groups in total. The Bertz CT molecular complexity index is 831. The second-order valence-electron chi connectivity index (χ2n) is 5.00. The van der Waals surface area contributed by atoms with Gasteiger partial charge in [-0.2, -0.15) is 0 Å². The van der Waals surface area contributed by atoms with E-state index in [0.717, 1.165) is 11.3 Å². The Morgan fingerprint density at radius 1 is 1.13 bits per heavy atom. The van der Waals surface area contributed by atoms with Crippen LogP contribution in [0.3, 0.4) is 0 Å². The first-order chi connectivity index (χ1) is 11.0. The summed E-state index contributed by atoms with van der Waals surface area (Å²) in [5.41, 5.74) is 2.59. The summed E-state index contributed by atoms with van der Waals surface area (Å²) in [4.78, 5) is 14.7. The van der Waals surface area contributed by atoms with Crippen LogP contribution in [-0.4, -0.2) is 10.2 Å². The number of hydrogen-bond acceptors (Lipinski definition) is 3. The zero-order valence-corrected chi connectivity index (χ0v) is 15.2. The van der Waals surface area contributed by atoms with Gasteiger partial charge >= 0.3 is 0 Å². The molecule has 2 nitrogen and oxygen atoms in total. The summed E-state index contributed by atoms with van der Waals surface area (Å²) in [6.07, 6.45) is 1.72. The second kappa shape index (κ2) is 6.65. The lowest BCUT2D eigenvalue weighted by atomic mass is 10.2. The average molecular weight is 380 g/mol. The standard InChI is InChI=1S/C17H11Cl2NOS2/c1-10-5-7-12(8-6-10)20-16(21)14(23-17(20)22)9-11-3-2-4-13(18)15(11)19/h2-9H,1H3/b14-9-. The maximum atomic E-state index is 12.7. The van der Waals surface area contributed by atoms with Crippen molar-refractivity contribution in [1.82, 2.24) is 0 Å². The summed E-state index contributed by atoms with van der Waals surface area (Å²) in [5, 5.41) is 0.879. The normalized spacial score (nSPS) is 16.5. The number of halogens is 2. The fourth-order valence-electron chi connectivity index (χ4n) is 2.16. The molecule has 0 aliphatic carbocycles. The molecule has 0 bridgehead atoms. The third-order valence-corrected chi connectivity index (χ3v) is 5.49. The lowest BCUT2D eigenvalue weighted by Crippen LogP contribution is -2.27. The van der Waals surface area contributed by atoms with Crippen LogP contribution < -0.4 is 4.90 Å². The number of anilines is 1. The summed E-state index contributed by atoms with van der Waals surface area (Å²) in [6.45, 7) is 2.00. The van der Waals surface area contributed by atoms with Crippen LogP contribution in [0, 0.1) is 6.92 Å². The van der Waals surface area contributed by atoms with E-state index in [2.05, 4.69) is 0 Å². The highest BCUT2D eigenvalue weighted by Crippen LogP contribution is 2.37. The van der Waals surface area contributed by atoms with Crippen molar-refractivity contribution in [1.29, 1.82) is 0 Å². The quantitative estimate of drug-likeness (QED) is 0.492. The fourth-order valence-corrected chi connectivity index (χ4v) is 3.81. The predicted octanol–water partition coefficient (Wildman–Crippen LogP) is 5.71. The summed E-state index contributed by atoms with van der Waals surface area (Å²) >= 11 is 18.8. The SMILES string of the molecule is Cc1ccc(N2C(=O)/C(=C/c3cccc(Cl)c3Cl)SC2=S)cc1. The molecular formula is C17H11Cl2NOS2. The van der Waals surface area contributed by atoms with Crippen LogP contribution in [0.2, 0.25) is 10.0 Å². The van der Waals surface area contributed by atoms with Gasteiger partial charge in [-0.3, -0.25) is 9.69 Å². The Balaban J connectivity index is 1.96. The van der Waals surface area contributed by atoms with Crippen LogP contribution in [0.5, 0.6) is 0 Å². The highest BCUT2D eigenvalue weighted by molar-refractivity contribution is 8.27. The number of hydrogen-bond donors (Lipinski definition) is 0. The van der Waals surface area contributed by atoms with Crippen LogP contribution in [0.4, 0.5) is 5.69 Å². The molecule has 23 heavy (non-hydrogen) atoms. The van der Waals surface area contributed by atoms with Gasteiger partial charge in [-0.1, -0.05) is 77.0 Å². The molecule has 1 saturated heterocycles. The topological polar surface area (TPSA) is 20.3 Å². The maximum absolute atomic E-state index is 12.7. The number of thiocarbonyl (C=S) groups is 1. The van der Waals surface area contributed by atoms with Crippen LogP contribution in [-0.2, 0) is 4.79 Å². The molecule has 6 heteroatoms. The van der Waals surface area contributed by atoms with Crippen molar-refractivity contribution >= 4 is 69.2 Å². The van der Waals surface area contributed by atoms with Gasteiger partial charge in [0.2, 0.25) is 0 Å². The molecule has 116 valence electrons. The van der Waals surface area contributed by atoms with E-state index in [9.17, 15) is 4.79 Å². The van der Waals surface area contributed by atoms with E-state index >= 15 is 0 Å². The summed E-state index contributed by atoms with van der Waals surface area (Å²) < 4.78 is 0.503. The number of rotatable bonds is 2. The molecule has 1 fully saturated rings. The maximum Gasteiger partial charge on any atom is 0.270 e. The molecule has 0 unspecified atom stereocenters. The summed E-state index contributed by atoms with van der Waals surface area (Å²) in [7, 11) is 0. The molecule has 0 spiro atoms. The van der Waals surface area contributed by atoms with Gasteiger partial charge in [0.05, 0.1) is 20.6 Å². The van der Waals surface area contributed by atoms with Crippen molar-refractivity contribution in [3.63, 3.8) is 0 Å². The van der Waals surface area contributed by atoms with Crippen molar-refractivity contribution in [2.24, 2.45) is 0 Å². The summed E-state index contributed by atoms with van der Waals surface area (Å²) in [6, 6.07) is 13.0. The van der Waals surface area contributed by atoms with Gasteiger partial charge in [0.25, 0.3) is 5.91 Å². The minimum atomic E-state index is -0.153. The number of thioether (sulfide) groups is 1. The molecule has 1 aliphatic rings. The minimum Gasteiger partial charge on any atom is -0.268 e. The smallest absolute Gasteiger partial charge is 0.268 e. The number of carbonyl (C=O) groups is 1. The summed E-state index contributed by atoms with van der Waals surface area (Å²) in [5.74, 6) is -0.153. The van der Waals surface area contributed by atoms with E-state index < -0.39 is 0 Å². The van der Waals surface area contributed by atoms with Crippen LogP contribution >= 0.6 is 47.2 Å². The Kier molecular flexibility index (Phi) is 4.78. The van der Waals surface area contributed by atoms with E-state index in [1.165, 1.54) is 16.7 Å². The third kappa shape index (κ3) is 3.31. The Labute approximate surface area is 154 Å². The fraction of sp³-hybridized carbons (Fsp3) is 0.0588. The first-order valence-corrected chi connectivity index (χ1v) is 8.74. The predicted molar refractivity (Wildman–Crippen MR) is 103 cm³/mol. The zero-order valence-electron chi connectivity index (χ0n) is 12.0. The first kappa shape index (κ1) is 16.5. The molecule has 0 saturated carbocycles. The molecule has 2 aromatic rings. The Morgan fingerprint density at radius 3 is 2.52 bits per heavy atom. The van der Waals surface area contributed by atoms with E-state index in [0.29, 0.717) is 24.8 Å².